The highest BCUT2D eigenvalue weighted by Gasteiger charge is 2.56. The maximum Gasteiger partial charge on any atom is 0.325 e. The lowest BCUT2D eigenvalue weighted by Gasteiger charge is -2.41. The van der Waals surface area contributed by atoms with Gasteiger partial charge in [-0.25, -0.2) is 8.42 Å². The minimum Gasteiger partial charge on any atom is -0.481 e. The lowest BCUT2D eigenvalue weighted by Crippen LogP contribution is -2.55. The molecule has 0 bridgehead atoms. The summed E-state index contributed by atoms with van der Waals surface area (Å²) in [5.41, 5.74) is 0.556. The van der Waals surface area contributed by atoms with Crippen molar-refractivity contribution >= 4 is 21.7 Å². The smallest absolute Gasteiger partial charge is 0.325 e. The van der Waals surface area contributed by atoms with Crippen LogP contribution in [0.4, 0.5) is 0 Å². The molecule has 1 heterocycles. The lowest BCUT2D eigenvalue weighted by atomic mass is 9.81. The molecule has 34 heavy (non-hydrogen) atoms. The van der Waals surface area contributed by atoms with Gasteiger partial charge >= 0.3 is 5.97 Å². The van der Waals surface area contributed by atoms with E-state index in [-0.39, 0.29) is 36.7 Å². The fraction of sp³-hybridized carbons (Fsp3) is 0.385. The van der Waals surface area contributed by atoms with Crippen molar-refractivity contribution in [3.8, 4) is 17.6 Å². The Labute approximate surface area is 200 Å². The molecular formula is C26H29NO6S. The number of piperidine rings is 1. The van der Waals surface area contributed by atoms with Crippen molar-refractivity contribution in [2.45, 2.75) is 42.8 Å². The summed E-state index contributed by atoms with van der Waals surface area (Å²) >= 11 is 0. The van der Waals surface area contributed by atoms with E-state index < -0.39 is 26.5 Å². The van der Waals surface area contributed by atoms with Gasteiger partial charge in [-0.3, -0.25) is 9.59 Å². The van der Waals surface area contributed by atoms with Gasteiger partial charge < -0.3 is 14.7 Å². The van der Waals surface area contributed by atoms with E-state index in [0.29, 0.717) is 24.4 Å². The van der Waals surface area contributed by atoms with Crippen LogP contribution in [-0.4, -0.2) is 54.7 Å². The summed E-state index contributed by atoms with van der Waals surface area (Å²) in [5, 5.41) is 10.2. The quantitative estimate of drug-likeness (QED) is 0.575. The van der Waals surface area contributed by atoms with Crippen molar-refractivity contribution < 1.29 is 27.9 Å². The minimum atomic E-state index is -4.23. The zero-order valence-corrected chi connectivity index (χ0v) is 20.2. The Hall–Kier alpha value is -3.31. The van der Waals surface area contributed by atoms with E-state index in [0.717, 1.165) is 0 Å². The van der Waals surface area contributed by atoms with Crippen molar-refractivity contribution in [2.24, 2.45) is 5.92 Å². The number of carbonyl (C=O) groups is 2. The van der Waals surface area contributed by atoms with Crippen molar-refractivity contribution in [1.82, 2.24) is 4.90 Å². The Morgan fingerprint density at radius 3 is 2.24 bits per heavy atom. The van der Waals surface area contributed by atoms with E-state index in [2.05, 4.69) is 11.8 Å². The summed E-state index contributed by atoms with van der Waals surface area (Å²) in [5.74, 6) is 3.79. The van der Waals surface area contributed by atoms with Crippen LogP contribution in [0.5, 0.6) is 5.75 Å². The van der Waals surface area contributed by atoms with E-state index >= 15 is 0 Å². The second-order valence-corrected chi connectivity index (χ2v) is 10.4. The average Bonchev–Trinajstić information content (AvgIpc) is 2.85. The number of sulfone groups is 1. The van der Waals surface area contributed by atoms with E-state index in [4.69, 9.17) is 4.74 Å². The highest BCUT2D eigenvalue weighted by molar-refractivity contribution is 7.93. The van der Waals surface area contributed by atoms with Crippen molar-refractivity contribution in [1.29, 1.82) is 0 Å². The van der Waals surface area contributed by atoms with Gasteiger partial charge in [0.05, 0.1) is 4.90 Å². The number of amides is 1. The van der Waals surface area contributed by atoms with E-state index in [9.17, 15) is 23.1 Å². The highest BCUT2D eigenvalue weighted by Crippen LogP contribution is 2.41. The first-order valence-electron chi connectivity index (χ1n) is 11.2. The second kappa shape index (κ2) is 10.7. The maximum atomic E-state index is 13.7. The molecule has 0 aromatic heterocycles. The Kier molecular flexibility index (Phi) is 8.00. The number of benzene rings is 2. The molecule has 1 N–H and O–H groups in total. The number of aliphatic carboxylic acids is 1. The zero-order chi connectivity index (χ0) is 24.8. The van der Waals surface area contributed by atoms with Gasteiger partial charge in [0.2, 0.25) is 0 Å². The van der Waals surface area contributed by atoms with Gasteiger partial charge in [0.15, 0.2) is 14.6 Å². The zero-order valence-electron chi connectivity index (χ0n) is 19.4. The van der Waals surface area contributed by atoms with Gasteiger partial charge in [-0.2, -0.15) is 0 Å². The van der Waals surface area contributed by atoms with Crippen LogP contribution in [0, 0.1) is 17.8 Å². The molecule has 0 radical (unpaired) electrons. The van der Waals surface area contributed by atoms with E-state index in [1.807, 2.05) is 6.07 Å². The minimum absolute atomic E-state index is 0.0616. The number of carboxylic acid groups (broad SMARTS) is 1. The van der Waals surface area contributed by atoms with Crippen molar-refractivity contribution in [3.05, 3.63) is 60.2 Å². The van der Waals surface area contributed by atoms with Gasteiger partial charge in [-0.1, -0.05) is 31.0 Å². The molecule has 1 fully saturated rings. The summed E-state index contributed by atoms with van der Waals surface area (Å²) in [7, 11) is -4.23. The van der Waals surface area contributed by atoms with Crippen LogP contribution in [0.1, 0.15) is 43.5 Å². The lowest BCUT2D eigenvalue weighted by molar-refractivity contribution is -0.142. The number of ether oxygens (including phenoxy) is 1. The Morgan fingerprint density at radius 2 is 1.71 bits per heavy atom. The molecule has 180 valence electrons. The third-order valence-corrected chi connectivity index (χ3v) is 9.10. The molecule has 1 aliphatic heterocycles. The summed E-state index contributed by atoms with van der Waals surface area (Å²) in [6.07, 6.45) is 0.496. The van der Waals surface area contributed by atoms with Gasteiger partial charge in [-0.05, 0) is 68.5 Å². The molecule has 1 aliphatic rings. The van der Waals surface area contributed by atoms with Crippen molar-refractivity contribution in [2.75, 3.05) is 19.7 Å². The largest absolute Gasteiger partial charge is 0.481 e. The van der Waals surface area contributed by atoms with Crippen LogP contribution in [0.3, 0.4) is 0 Å². The molecule has 1 amide bonds. The molecular weight excluding hydrogens is 454 g/mol. The molecule has 0 saturated carbocycles. The molecule has 1 unspecified atom stereocenters. The number of carboxylic acids is 1. The summed E-state index contributed by atoms with van der Waals surface area (Å²) in [6.45, 7) is 4.06. The second-order valence-electron chi connectivity index (χ2n) is 8.17. The molecule has 2 aromatic rings. The first kappa shape index (κ1) is 25.3. The van der Waals surface area contributed by atoms with Gasteiger partial charge in [0, 0.05) is 18.7 Å². The normalized spacial score (nSPS) is 16.1. The van der Waals surface area contributed by atoms with E-state index in [1.54, 1.807) is 43.0 Å². The molecule has 3 rings (SSSR count). The summed E-state index contributed by atoms with van der Waals surface area (Å²) in [4.78, 5) is 26.9. The average molecular weight is 484 g/mol. The van der Waals surface area contributed by atoms with Crippen molar-refractivity contribution in [3.63, 3.8) is 0 Å². The molecule has 1 atom stereocenters. The molecule has 1 saturated heterocycles. The van der Waals surface area contributed by atoms with Gasteiger partial charge in [0.1, 0.15) is 12.4 Å². The summed E-state index contributed by atoms with van der Waals surface area (Å²) < 4.78 is 30.9. The fourth-order valence-corrected chi connectivity index (χ4v) is 6.77. The summed E-state index contributed by atoms with van der Waals surface area (Å²) in [6, 6.07) is 14.6. The first-order chi connectivity index (χ1) is 16.3. The predicted octanol–water partition coefficient (Wildman–Crippen LogP) is 3.65. The monoisotopic (exact) mass is 483 g/mol. The third-order valence-electron chi connectivity index (χ3n) is 6.45. The Bertz CT molecular complexity index is 1170. The number of hydrogen-bond donors (Lipinski definition) is 1. The molecule has 7 nitrogen and oxygen atoms in total. The van der Waals surface area contributed by atoms with Gasteiger partial charge in [0.25, 0.3) is 5.91 Å². The maximum absolute atomic E-state index is 13.7. The van der Waals surface area contributed by atoms with Gasteiger partial charge in [-0.15, -0.1) is 5.92 Å². The fourth-order valence-electron chi connectivity index (χ4n) is 4.57. The molecule has 8 heteroatoms. The van der Waals surface area contributed by atoms with Crippen LogP contribution < -0.4 is 4.74 Å². The van der Waals surface area contributed by atoms with Crippen LogP contribution >= 0.6 is 0 Å². The molecule has 0 spiro atoms. The van der Waals surface area contributed by atoms with Crippen LogP contribution in [-0.2, 0) is 14.6 Å². The Balaban J connectivity index is 1.83. The predicted molar refractivity (Wildman–Crippen MR) is 128 cm³/mol. The van der Waals surface area contributed by atoms with Crippen LogP contribution in [0.25, 0.3) is 0 Å². The molecule has 0 aliphatic carbocycles. The van der Waals surface area contributed by atoms with Crippen LogP contribution in [0.2, 0.25) is 0 Å². The number of nitrogens with zero attached hydrogens (tertiary/aromatic N) is 1. The first-order valence-corrected chi connectivity index (χ1v) is 12.7. The number of rotatable bonds is 8. The number of carbonyl (C=O) groups excluding carboxylic acids is 1. The van der Waals surface area contributed by atoms with E-state index in [1.165, 1.54) is 24.3 Å². The molecule has 2 aromatic carbocycles. The standard InChI is InChI=1S/C26H29NO6S/c1-3-5-19-33-22-11-13-23(14-12-22)34(31,32)26(4-2,25(29)30)21-15-17-27(18-16-21)24(28)20-9-7-6-8-10-20/h6-14,21H,4,15-19H2,1-2H3,(H,29,30). The topological polar surface area (TPSA) is 101 Å². The highest BCUT2D eigenvalue weighted by atomic mass is 32.2. The third kappa shape index (κ3) is 4.80. The number of likely N-dealkylation sites (tertiary alicyclic amines) is 1. The Morgan fingerprint density at radius 1 is 1.09 bits per heavy atom. The number of hydrogen-bond acceptors (Lipinski definition) is 5. The van der Waals surface area contributed by atoms with Crippen LogP contribution in [0.15, 0.2) is 59.5 Å². The SMILES string of the molecule is CC#CCOc1ccc(S(=O)(=O)C(CC)(C(=O)O)C2CCN(C(=O)c3ccccc3)CC2)cc1.